The van der Waals surface area contributed by atoms with Crippen molar-refractivity contribution in [1.29, 1.82) is 0 Å². The normalized spacial score (nSPS) is 18.9. The van der Waals surface area contributed by atoms with E-state index in [9.17, 15) is 14.7 Å². The van der Waals surface area contributed by atoms with Crippen molar-refractivity contribution < 1.29 is 14.7 Å². The SMILES string of the molecule is CC1CCc2c(n(Cc3ccc(C(C(=O)NC(CO)c4ccccc4)C4CCCC4)cc3)c3ccccc23)C1=O. The molecule has 206 valence electrons. The largest absolute Gasteiger partial charge is 0.394 e. The standard InChI is InChI=1S/C35H38N2O3/c1-23-15-20-29-28-13-7-8-14-31(28)37(33(29)34(23)39)21-24-16-18-27(19-17-24)32(26-11-5-6-12-26)35(40)36-30(22-38)25-9-3-2-4-10-25/h2-4,7-10,13-14,16-19,23,26,30,32,38H,5-6,11-12,15,20-22H2,1H3,(H,36,40). The minimum Gasteiger partial charge on any atom is -0.394 e. The summed E-state index contributed by atoms with van der Waals surface area (Å²) >= 11 is 0. The number of hydrogen-bond acceptors (Lipinski definition) is 3. The van der Waals surface area contributed by atoms with Gasteiger partial charge in [0.25, 0.3) is 0 Å². The zero-order valence-electron chi connectivity index (χ0n) is 23.2. The second-order valence-corrected chi connectivity index (χ2v) is 11.7. The van der Waals surface area contributed by atoms with Crippen LogP contribution in [0.5, 0.6) is 0 Å². The van der Waals surface area contributed by atoms with Gasteiger partial charge in [0.1, 0.15) is 0 Å². The molecule has 40 heavy (non-hydrogen) atoms. The molecule has 1 fully saturated rings. The van der Waals surface area contributed by atoms with Crippen molar-refractivity contribution in [3.05, 3.63) is 107 Å². The average molecular weight is 535 g/mol. The fourth-order valence-electron chi connectivity index (χ4n) is 6.92. The van der Waals surface area contributed by atoms with Gasteiger partial charge in [0.05, 0.1) is 24.3 Å². The number of nitrogens with one attached hydrogen (secondary N) is 1. The molecule has 5 heteroatoms. The van der Waals surface area contributed by atoms with E-state index in [0.29, 0.717) is 12.5 Å². The molecule has 2 aliphatic carbocycles. The highest BCUT2D eigenvalue weighted by Crippen LogP contribution is 2.39. The monoisotopic (exact) mass is 534 g/mol. The third kappa shape index (κ3) is 4.99. The van der Waals surface area contributed by atoms with Gasteiger partial charge in [0.2, 0.25) is 5.91 Å². The first-order valence-corrected chi connectivity index (χ1v) is 14.7. The Hall–Kier alpha value is -3.70. The van der Waals surface area contributed by atoms with Gasteiger partial charge in [-0.25, -0.2) is 0 Å². The molecule has 5 nitrogen and oxygen atoms in total. The number of amides is 1. The topological polar surface area (TPSA) is 71.3 Å². The van der Waals surface area contributed by atoms with Crippen LogP contribution in [0.3, 0.4) is 0 Å². The molecule has 4 aromatic rings. The first kappa shape index (κ1) is 26.5. The Bertz CT molecular complexity index is 1500. The number of carbonyl (C=O) groups is 2. The van der Waals surface area contributed by atoms with Gasteiger partial charge in [-0.1, -0.05) is 92.6 Å². The Morgan fingerprint density at radius 1 is 0.925 bits per heavy atom. The third-order valence-electron chi connectivity index (χ3n) is 9.12. The summed E-state index contributed by atoms with van der Waals surface area (Å²) in [6, 6.07) is 26.0. The van der Waals surface area contributed by atoms with Crippen LogP contribution in [0.15, 0.2) is 78.9 Å². The van der Waals surface area contributed by atoms with E-state index in [4.69, 9.17) is 0 Å². The van der Waals surface area contributed by atoms with Crippen LogP contribution in [-0.2, 0) is 17.8 Å². The van der Waals surface area contributed by atoms with Crippen LogP contribution in [-0.4, -0.2) is 28.0 Å². The van der Waals surface area contributed by atoms with E-state index in [-0.39, 0.29) is 30.1 Å². The Kier molecular flexibility index (Phi) is 7.57. The summed E-state index contributed by atoms with van der Waals surface area (Å²) in [5.74, 6) is 0.302. The lowest BCUT2D eigenvalue weighted by Crippen LogP contribution is -2.37. The van der Waals surface area contributed by atoms with Crippen molar-refractivity contribution in [2.24, 2.45) is 11.8 Å². The molecule has 0 spiro atoms. The summed E-state index contributed by atoms with van der Waals surface area (Å²) < 4.78 is 2.20. The van der Waals surface area contributed by atoms with Crippen LogP contribution in [0.1, 0.15) is 83.7 Å². The minimum atomic E-state index is -0.426. The highest BCUT2D eigenvalue weighted by atomic mass is 16.3. The highest BCUT2D eigenvalue weighted by molar-refractivity contribution is 6.05. The van der Waals surface area contributed by atoms with Gasteiger partial charge >= 0.3 is 0 Å². The zero-order chi connectivity index (χ0) is 27.6. The van der Waals surface area contributed by atoms with Crippen molar-refractivity contribution >= 4 is 22.6 Å². The van der Waals surface area contributed by atoms with E-state index >= 15 is 0 Å². The number of aryl methyl sites for hydroxylation is 1. The number of aliphatic hydroxyl groups excluding tert-OH is 1. The van der Waals surface area contributed by atoms with Crippen LogP contribution >= 0.6 is 0 Å². The number of Topliss-reactive ketones (excluding diaryl/α,β-unsaturated/α-hetero) is 1. The summed E-state index contributed by atoms with van der Waals surface area (Å²) in [7, 11) is 0. The lowest BCUT2D eigenvalue weighted by Gasteiger charge is -2.26. The Morgan fingerprint density at radius 3 is 2.35 bits per heavy atom. The van der Waals surface area contributed by atoms with Crippen LogP contribution in [0.4, 0.5) is 0 Å². The molecule has 1 saturated carbocycles. The molecule has 1 heterocycles. The van der Waals surface area contributed by atoms with Crippen molar-refractivity contribution in [1.82, 2.24) is 9.88 Å². The van der Waals surface area contributed by atoms with Gasteiger partial charge in [0.15, 0.2) is 5.78 Å². The summed E-state index contributed by atoms with van der Waals surface area (Å²) in [6.07, 6.45) is 6.21. The molecular formula is C35H38N2O3. The number of para-hydroxylation sites is 1. The van der Waals surface area contributed by atoms with E-state index in [1.165, 1.54) is 10.9 Å². The maximum atomic E-state index is 13.7. The predicted octanol–water partition coefficient (Wildman–Crippen LogP) is 6.58. The molecule has 2 N–H and O–H groups in total. The van der Waals surface area contributed by atoms with E-state index in [1.807, 2.05) is 43.3 Å². The Morgan fingerprint density at radius 2 is 1.62 bits per heavy atom. The number of benzene rings is 3. The molecular weight excluding hydrogens is 496 g/mol. The van der Waals surface area contributed by atoms with Gasteiger partial charge in [-0.05, 0) is 59.9 Å². The molecule has 3 unspecified atom stereocenters. The minimum absolute atomic E-state index is 0.0207. The number of carbonyl (C=O) groups excluding carboxylic acids is 2. The number of aliphatic hydroxyl groups is 1. The highest BCUT2D eigenvalue weighted by Gasteiger charge is 2.34. The first-order valence-electron chi connectivity index (χ1n) is 14.7. The summed E-state index contributed by atoms with van der Waals surface area (Å²) in [5.41, 5.74) is 6.19. The first-order chi connectivity index (χ1) is 19.5. The molecule has 0 bridgehead atoms. The van der Waals surface area contributed by atoms with E-state index in [1.54, 1.807) is 0 Å². The van der Waals surface area contributed by atoms with Crippen LogP contribution in [0.25, 0.3) is 10.9 Å². The van der Waals surface area contributed by atoms with Crippen molar-refractivity contribution in [2.75, 3.05) is 6.61 Å². The van der Waals surface area contributed by atoms with Gasteiger partial charge in [-0.15, -0.1) is 0 Å². The molecule has 0 aliphatic heterocycles. The molecule has 0 saturated heterocycles. The van der Waals surface area contributed by atoms with Crippen LogP contribution in [0, 0.1) is 11.8 Å². The second kappa shape index (κ2) is 11.4. The fraction of sp³-hybridized carbons (Fsp3) is 0.371. The molecule has 0 radical (unpaired) electrons. The number of nitrogens with zero attached hydrogens (tertiary/aromatic N) is 1. The van der Waals surface area contributed by atoms with Crippen LogP contribution in [0.2, 0.25) is 0 Å². The molecule has 2 aliphatic rings. The predicted molar refractivity (Wildman–Crippen MR) is 158 cm³/mol. The van der Waals surface area contributed by atoms with Gasteiger partial charge in [-0.2, -0.15) is 0 Å². The smallest absolute Gasteiger partial charge is 0.228 e. The molecule has 6 rings (SSSR count). The van der Waals surface area contributed by atoms with Gasteiger partial charge in [0, 0.05) is 23.4 Å². The maximum Gasteiger partial charge on any atom is 0.228 e. The number of hydrogen-bond donors (Lipinski definition) is 2. The van der Waals surface area contributed by atoms with E-state index < -0.39 is 6.04 Å². The maximum absolute atomic E-state index is 13.7. The van der Waals surface area contributed by atoms with Gasteiger partial charge in [-0.3, -0.25) is 9.59 Å². The third-order valence-corrected chi connectivity index (χ3v) is 9.12. The fourth-order valence-corrected chi connectivity index (χ4v) is 6.92. The molecule has 1 amide bonds. The second-order valence-electron chi connectivity index (χ2n) is 11.7. The van der Waals surface area contributed by atoms with E-state index in [0.717, 1.165) is 66.4 Å². The molecule has 3 aromatic carbocycles. The summed E-state index contributed by atoms with van der Waals surface area (Å²) in [6.45, 7) is 2.52. The van der Waals surface area contributed by atoms with Crippen molar-refractivity contribution in [2.45, 2.75) is 64.0 Å². The lowest BCUT2D eigenvalue weighted by molar-refractivity contribution is -0.124. The molecule has 1 aromatic heterocycles. The Balaban J connectivity index is 1.28. The summed E-state index contributed by atoms with van der Waals surface area (Å²) in [5, 5.41) is 14.4. The van der Waals surface area contributed by atoms with Gasteiger partial charge < -0.3 is 15.0 Å². The zero-order valence-corrected chi connectivity index (χ0v) is 23.2. The van der Waals surface area contributed by atoms with Crippen LogP contribution < -0.4 is 5.32 Å². The Labute approximate surface area is 236 Å². The number of aromatic nitrogens is 1. The number of ketones is 1. The number of rotatable bonds is 8. The lowest BCUT2D eigenvalue weighted by atomic mass is 9.83. The number of fused-ring (bicyclic) bond motifs is 3. The van der Waals surface area contributed by atoms with Crippen molar-refractivity contribution in [3.63, 3.8) is 0 Å². The van der Waals surface area contributed by atoms with Crippen molar-refractivity contribution in [3.8, 4) is 0 Å². The average Bonchev–Trinajstić information content (AvgIpc) is 3.62. The summed E-state index contributed by atoms with van der Waals surface area (Å²) in [4.78, 5) is 27.0. The quantitative estimate of drug-likeness (QED) is 0.268. The van der Waals surface area contributed by atoms with E-state index in [2.05, 4.69) is 52.3 Å². The molecule has 3 atom stereocenters.